The summed E-state index contributed by atoms with van der Waals surface area (Å²) in [6.45, 7) is 0.694. The second-order valence-electron chi connectivity index (χ2n) is 2.03. The zero-order valence-corrected chi connectivity index (χ0v) is 9.78. The fourth-order valence-electron chi connectivity index (χ4n) is 0.773. The van der Waals surface area contributed by atoms with E-state index in [0.717, 1.165) is 6.42 Å². The lowest BCUT2D eigenvalue weighted by Crippen LogP contribution is -2.05. The molecule has 0 aliphatic carbocycles. The average Bonchev–Trinajstić information content (AvgIpc) is 2.18. The third kappa shape index (κ3) is 3.88. The summed E-state index contributed by atoms with van der Waals surface area (Å²) in [4.78, 5) is 3.95. The van der Waals surface area contributed by atoms with Crippen LogP contribution in [0.4, 0.5) is 0 Å². The van der Waals surface area contributed by atoms with Crippen LogP contribution in [0.1, 0.15) is 5.69 Å². The first-order valence-corrected chi connectivity index (χ1v) is 3.00. The van der Waals surface area contributed by atoms with Crippen LogP contribution in [0, 0.1) is 0 Å². The quantitative estimate of drug-likeness (QED) is 0.884. The largest absolute Gasteiger partial charge is 0.338 e. The summed E-state index contributed by atoms with van der Waals surface area (Å²) < 4.78 is 1.98. The summed E-state index contributed by atoms with van der Waals surface area (Å²) in [6, 6.07) is 0. The Hall–Kier alpha value is 0.130. The molecule has 5 heteroatoms. The van der Waals surface area contributed by atoms with Crippen LogP contribution in [0.15, 0.2) is 12.5 Å². The van der Waals surface area contributed by atoms with Crippen LogP contribution >= 0.6 is 34.0 Å². The van der Waals surface area contributed by atoms with Crippen molar-refractivity contribution in [3.63, 3.8) is 0 Å². The van der Waals surface area contributed by atoms with Gasteiger partial charge < -0.3 is 10.3 Å². The first kappa shape index (κ1) is 13.7. The summed E-state index contributed by atoms with van der Waals surface area (Å²) in [5.74, 6) is 0. The van der Waals surface area contributed by atoms with Gasteiger partial charge in [-0.3, -0.25) is 0 Å². The standard InChI is InChI=1S/C6H11N3.2BrH/c1-9-5-8-4-6(9)2-3-7;;/h4-5H,2-3,7H2,1H3;2*1H. The predicted molar refractivity (Wildman–Crippen MR) is 56.6 cm³/mol. The summed E-state index contributed by atoms with van der Waals surface area (Å²) in [7, 11) is 1.97. The molecule has 0 amide bonds. The number of imidazole rings is 1. The first-order chi connectivity index (χ1) is 4.34. The highest BCUT2D eigenvalue weighted by molar-refractivity contribution is 8.93. The Bertz CT molecular complexity index is 188. The second kappa shape index (κ2) is 6.82. The number of nitrogens with zero attached hydrogens (tertiary/aromatic N) is 2. The minimum atomic E-state index is 0. The number of aryl methyl sites for hydroxylation is 1. The van der Waals surface area contributed by atoms with E-state index in [1.54, 1.807) is 6.33 Å². The molecule has 2 N–H and O–H groups in total. The Labute approximate surface area is 87.5 Å². The van der Waals surface area contributed by atoms with Gasteiger partial charge >= 0.3 is 0 Å². The molecule has 0 saturated heterocycles. The normalized spacial score (nSPS) is 8.18. The predicted octanol–water partition coefficient (Wildman–Crippen LogP) is 1.08. The van der Waals surface area contributed by atoms with Gasteiger partial charge in [0.05, 0.1) is 6.33 Å². The van der Waals surface area contributed by atoms with Crippen LogP contribution in [0.5, 0.6) is 0 Å². The van der Waals surface area contributed by atoms with Crippen molar-refractivity contribution >= 4 is 34.0 Å². The number of hydrogen-bond donors (Lipinski definition) is 1. The number of hydrogen-bond acceptors (Lipinski definition) is 2. The molecule has 0 fully saturated rings. The van der Waals surface area contributed by atoms with Gasteiger partial charge in [0, 0.05) is 25.4 Å². The Morgan fingerprint density at radius 2 is 2.18 bits per heavy atom. The fourth-order valence-corrected chi connectivity index (χ4v) is 0.773. The Balaban J connectivity index is 0. The van der Waals surface area contributed by atoms with Crippen LogP contribution in [0.3, 0.4) is 0 Å². The lowest BCUT2D eigenvalue weighted by Gasteiger charge is -1.96. The van der Waals surface area contributed by atoms with Gasteiger partial charge in [-0.25, -0.2) is 4.98 Å². The Morgan fingerprint density at radius 1 is 1.55 bits per heavy atom. The van der Waals surface area contributed by atoms with Crippen LogP contribution in [-0.4, -0.2) is 16.1 Å². The summed E-state index contributed by atoms with van der Waals surface area (Å²) >= 11 is 0. The van der Waals surface area contributed by atoms with Crippen molar-refractivity contribution in [2.75, 3.05) is 6.54 Å². The van der Waals surface area contributed by atoms with Crippen LogP contribution < -0.4 is 5.73 Å². The molecule has 0 saturated carbocycles. The van der Waals surface area contributed by atoms with E-state index in [1.807, 2.05) is 17.8 Å². The van der Waals surface area contributed by atoms with E-state index in [9.17, 15) is 0 Å². The molecule has 0 radical (unpaired) electrons. The SMILES string of the molecule is Br.Br.Cn1cncc1CCN. The van der Waals surface area contributed by atoms with Crippen LogP contribution in [0.2, 0.25) is 0 Å². The Morgan fingerprint density at radius 3 is 2.55 bits per heavy atom. The molecular weight excluding hydrogens is 274 g/mol. The van der Waals surface area contributed by atoms with E-state index in [4.69, 9.17) is 5.73 Å². The molecule has 11 heavy (non-hydrogen) atoms. The molecule has 0 spiro atoms. The van der Waals surface area contributed by atoms with Crippen molar-refractivity contribution < 1.29 is 0 Å². The minimum Gasteiger partial charge on any atom is -0.338 e. The van der Waals surface area contributed by atoms with E-state index < -0.39 is 0 Å². The smallest absolute Gasteiger partial charge is 0.0945 e. The van der Waals surface area contributed by atoms with Gasteiger partial charge in [0.2, 0.25) is 0 Å². The van der Waals surface area contributed by atoms with E-state index in [1.165, 1.54) is 5.69 Å². The zero-order valence-electron chi connectivity index (χ0n) is 6.36. The van der Waals surface area contributed by atoms with Crippen LogP contribution in [-0.2, 0) is 13.5 Å². The van der Waals surface area contributed by atoms with E-state index in [-0.39, 0.29) is 34.0 Å². The topological polar surface area (TPSA) is 43.8 Å². The van der Waals surface area contributed by atoms with Crippen molar-refractivity contribution in [2.45, 2.75) is 6.42 Å². The summed E-state index contributed by atoms with van der Waals surface area (Å²) in [5, 5.41) is 0. The van der Waals surface area contributed by atoms with E-state index in [0.29, 0.717) is 6.54 Å². The van der Waals surface area contributed by atoms with Gasteiger partial charge in [0.1, 0.15) is 0 Å². The summed E-state index contributed by atoms with van der Waals surface area (Å²) in [6.07, 6.45) is 4.54. The highest BCUT2D eigenvalue weighted by atomic mass is 79.9. The molecule has 3 nitrogen and oxygen atoms in total. The lowest BCUT2D eigenvalue weighted by molar-refractivity contribution is 0.804. The van der Waals surface area contributed by atoms with Gasteiger partial charge in [-0.2, -0.15) is 0 Å². The maximum absolute atomic E-state index is 5.35. The number of halogens is 2. The first-order valence-electron chi connectivity index (χ1n) is 3.00. The van der Waals surface area contributed by atoms with Crippen molar-refractivity contribution in [1.29, 1.82) is 0 Å². The van der Waals surface area contributed by atoms with Crippen LogP contribution in [0.25, 0.3) is 0 Å². The molecule has 0 bridgehead atoms. The minimum absolute atomic E-state index is 0. The van der Waals surface area contributed by atoms with Gasteiger partial charge in [-0.1, -0.05) is 0 Å². The third-order valence-corrected chi connectivity index (χ3v) is 1.32. The van der Waals surface area contributed by atoms with Crippen molar-refractivity contribution in [1.82, 2.24) is 9.55 Å². The molecule has 66 valence electrons. The van der Waals surface area contributed by atoms with E-state index in [2.05, 4.69) is 4.98 Å². The van der Waals surface area contributed by atoms with Gasteiger partial charge in [0.15, 0.2) is 0 Å². The van der Waals surface area contributed by atoms with Crippen molar-refractivity contribution in [2.24, 2.45) is 12.8 Å². The van der Waals surface area contributed by atoms with Gasteiger partial charge in [-0.15, -0.1) is 34.0 Å². The highest BCUT2D eigenvalue weighted by Crippen LogP contribution is 1.94. The fraction of sp³-hybridized carbons (Fsp3) is 0.500. The molecule has 0 atom stereocenters. The molecule has 0 unspecified atom stereocenters. The lowest BCUT2D eigenvalue weighted by atomic mass is 10.3. The van der Waals surface area contributed by atoms with Crippen molar-refractivity contribution in [3.8, 4) is 0 Å². The maximum atomic E-state index is 5.35. The molecule has 1 rings (SSSR count). The number of aromatic nitrogens is 2. The average molecular weight is 287 g/mol. The molecule has 0 aromatic carbocycles. The maximum Gasteiger partial charge on any atom is 0.0945 e. The molecule has 0 aliphatic heterocycles. The molecule has 0 aliphatic rings. The molecular formula is C6H13Br2N3. The Kier molecular flexibility index (Phi) is 8.49. The third-order valence-electron chi connectivity index (χ3n) is 1.32. The molecule has 1 heterocycles. The van der Waals surface area contributed by atoms with Gasteiger partial charge in [-0.05, 0) is 6.54 Å². The molecule has 1 aromatic heterocycles. The number of nitrogens with two attached hydrogens (primary N) is 1. The van der Waals surface area contributed by atoms with Gasteiger partial charge in [0.25, 0.3) is 0 Å². The number of rotatable bonds is 2. The van der Waals surface area contributed by atoms with Crippen molar-refractivity contribution in [3.05, 3.63) is 18.2 Å². The highest BCUT2D eigenvalue weighted by Gasteiger charge is 1.93. The molecule has 1 aromatic rings. The summed E-state index contributed by atoms with van der Waals surface area (Å²) in [5.41, 5.74) is 6.54. The second-order valence-corrected chi connectivity index (χ2v) is 2.03. The van der Waals surface area contributed by atoms with E-state index >= 15 is 0 Å². The monoisotopic (exact) mass is 285 g/mol. The zero-order chi connectivity index (χ0) is 6.69.